The van der Waals surface area contributed by atoms with E-state index in [0.29, 0.717) is 5.41 Å². The fourth-order valence-electron chi connectivity index (χ4n) is 3.65. The molecule has 0 N–H and O–H groups in total. The third-order valence-corrected chi connectivity index (χ3v) is 4.43. The van der Waals surface area contributed by atoms with Gasteiger partial charge in [0.1, 0.15) is 6.10 Å². The number of rotatable bonds is 1. The zero-order valence-corrected chi connectivity index (χ0v) is 10.1. The zero-order valence-electron chi connectivity index (χ0n) is 10.1. The van der Waals surface area contributed by atoms with Crippen molar-refractivity contribution in [2.24, 2.45) is 17.3 Å². The van der Waals surface area contributed by atoms with E-state index in [-0.39, 0.29) is 12.1 Å². The lowest BCUT2D eigenvalue weighted by atomic mass is 9.71. The first-order chi connectivity index (χ1) is 6.99. The van der Waals surface area contributed by atoms with Crippen molar-refractivity contribution < 1.29 is 9.53 Å². The van der Waals surface area contributed by atoms with Crippen LogP contribution in [0.1, 0.15) is 52.9 Å². The van der Waals surface area contributed by atoms with Gasteiger partial charge in [-0.3, -0.25) is 4.79 Å². The lowest BCUT2D eigenvalue weighted by Gasteiger charge is -2.37. The Morgan fingerprint density at radius 3 is 2.67 bits per heavy atom. The number of carbonyl (C=O) groups is 1. The van der Waals surface area contributed by atoms with E-state index in [4.69, 9.17) is 4.74 Å². The minimum atomic E-state index is -0.115. The summed E-state index contributed by atoms with van der Waals surface area (Å²) in [6.07, 6.45) is 6.30. The summed E-state index contributed by atoms with van der Waals surface area (Å²) in [5.74, 6) is 1.55. The van der Waals surface area contributed by atoms with Crippen LogP contribution in [0.4, 0.5) is 0 Å². The molecule has 0 heterocycles. The van der Waals surface area contributed by atoms with Crippen molar-refractivity contribution in [3.05, 3.63) is 0 Å². The van der Waals surface area contributed by atoms with Crippen LogP contribution in [0.25, 0.3) is 0 Å². The van der Waals surface area contributed by atoms with E-state index in [1.807, 2.05) is 0 Å². The first-order valence-corrected chi connectivity index (χ1v) is 6.16. The minimum absolute atomic E-state index is 0.115. The van der Waals surface area contributed by atoms with Gasteiger partial charge in [0.15, 0.2) is 0 Å². The summed E-state index contributed by atoms with van der Waals surface area (Å²) in [5, 5.41) is 0. The third kappa shape index (κ3) is 2.19. The van der Waals surface area contributed by atoms with Gasteiger partial charge in [0.25, 0.3) is 0 Å². The predicted molar refractivity (Wildman–Crippen MR) is 59.4 cm³/mol. The van der Waals surface area contributed by atoms with E-state index in [1.54, 1.807) is 0 Å². The van der Waals surface area contributed by atoms with Gasteiger partial charge in [-0.2, -0.15) is 0 Å². The number of carbonyl (C=O) groups excluding carboxylic acids is 1. The molecular weight excluding hydrogens is 188 g/mol. The number of hydrogen-bond acceptors (Lipinski definition) is 2. The summed E-state index contributed by atoms with van der Waals surface area (Å²) >= 11 is 0. The Hall–Kier alpha value is -0.530. The van der Waals surface area contributed by atoms with Crippen LogP contribution in [0.3, 0.4) is 0 Å². The fraction of sp³-hybridized carbons (Fsp3) is 0.923. The maximum Gasteiger partial charge on any atom is 0.302 e. The molecule has 0 aromatic heterocycles. The van der Waals surface area contributed by atoms with Crippen molar-refractivity contribution in [3.8, 4) is 0 Å². The first kappa shape index (κ1) is 11.0. The van der Waals surface area contributed by atoms with Crippen LogP contribution in [-0.4, -0.2) is 12.1 Å². The van der Waals surface area contributed by atoms with Crippen LogP contribution < -0.4 is 0 Å². The van der Waals surface area contributed by atoms with E-state index in [2.05, 4.69) is 13.8 Å². The Kier molecular flexibility index (Phi) is 2.78. The van der Waals surface area contributed by atoms with Gasteiger partial charge in [0.05, 0.1) is 0 Å². The molecule has 2 nitrogen and oxygen atoms in total. The molecule has 0 aromatic rings. The highest BCUT2D eigenvalue weighted by molar-refractivity contribution is 5.66. The lowest BCUT2D eigenvalue weighted by molar-refractivity contribution is -0.149. The monoisotopic (exact) mass is 210 g/mol. The number of esters is 1. The van der Waals surface area contributed by atoms with Crippen molar-refractivity contribution in [2.75, 3.05) is 0 Å². The highest BCUT2D eigenvalue weighted by Crippen LogP contribution is 2.53. The van der Waals surface area contributed by atoms with Gasteiger partial charge in [0, 0.05) is 6.92 Å². The van der Waals surface area contributed by atoms with Crippen molar-refractivity contribution in [1.29, 1.82) is 0 Å². The highest BCUT2D eigenvalue weighted by atomic mass is 16.5. The van der Waals surface area contributed by atoms with Crippen LogP contribution in [0.5, 0.6) is 0 Å². The summed E-state index contributed by atoms with van der Waals surface area (Å²) < 4.78 is 5.33. The van der Waals surface area contributed by atoms with Crippen LogP contribution >= 0.6 is 0 Å². The number of ether oxygens (including phenoxy) is 1. The number of hydrogen-bond donors (Lipinski definition) is 0. The Morgan fingerprint density at radius 2 is 2.00 bits per heavy atom. The topological polar surface area (TPSA) is 26.3 Å². The van der Waals surface area contributed by atoms with Gasteiger partial charge in [-0.25, -0.2) is 0 Å². The van der Waals surface area contributed by atoms with E-state index < -0.39 is 0 Å². The van der Waals surface area contributed by atoms with Crippen molar-refractivity contribution in [3.63, 3.8) is 0 Å². The molecule has 0 aliphatic heterocycles. The second-order valence-corrected chi connectivity index (χ2v) is 5.94. The van der Waals surface area contributed by atoms with Crippen molar-refractivity contribution in [1.82, 2.24) is 0 Å². The zero-order chi connectivity index (χ0) is 11.1. The summed E-state index contributed by atoms with van der Waals surface area (Å²) in [4.78, 5) is 10.9. The molecule has 0 saturated heterocycles. The van der Waals surface area contributed by atoms with E-state index in [0.717, 1.165) is 24.7 Å². The first-order valence-electron chi connectivity index (χ1n) is 6.16. The van der Waals surface area contributed by atoms with Gasteiger partial charge in [-0.1, -0.05) is 13.8 Å². The van der Waals surface area contributed by atoms with Crippen LogP contribution in [0.15, 0.2) is 0 Å². The molecule has 86 valence electrons. The van der Waals surface area contributed by atoms with Gasteiger partial charge < -0.3 is 4.74 Å². The summed E-state index contributed by atoms with van der Waals surface area (Å²) in [6.45, 7) is 6.30. The molecule has 15 heavy (non-hydrogen) atoms. The number of fused-ring (bicyclic) bond motifs is 1. The molecule has 2 aliphatic rings. The van der Waals surface area contributed by atoms with E-state index in [1.165, 1.54) is 26.2 Å². The summed E-state index contributed by atoms with van der Waals surface area (Å²) in [6, 6.07) is 0. The van der Waals surface area contributed by atoms with Gasteiger partial charge in [-0.05, 0) is 49.4 Å². The molecule has 3 unspecified atom stereocenters. The maximum absolute atomic E-state index is 10.9. The Labute approximate surface area is 92.4 Å². The van der Waals surface area contributed by atoms with E-state index in [9.17, 15) is 4.79 Å². The van der Waals surface area contributed by atoms with Crippen LogP contribution in [0.2, 0.25) is 0 Å². The molecule has 2 rings (SSSR count). The third-order valence-electron chi connectivity index (χ3n) is 4.43. The molecule has 0 radical (unpaired) electrons. The Morgan fingerprint density at radius 1 is 1.27 bits per heavy atom. The maximum atomic E-state index is 10.9. The molecule has 2 fully saturated rings. The highest BCUT2D eigenvalue weighted by Gasteiger charge is 2.45. The van der Waals surface area contributed by atoms with E-state index >= 15 is 0 Å². The normalized spacial score (nSPS) is 38.5. The Balaban J connectivity index is 1.95. The standard InChI is InChI=1S/C13H22O2/c1-9(14)15-11-4-5-12-10(8-11)6-7-13(12,2)3/h10-12H,4-8H2,1-3H3. The molecule has 2 saturated carbocycles. The lowest BCUT2D eigenvalue weighted by Crippen LogP contribution is -2.32. The molecule has 0 aromatic carbocycles. The summed E-state index contributed by atoms with van der Waals surface area (Å²) in [7, 11) is 0. The molecule has 0 bridgehead atoms. The summed E-state index contributed by atoms with van der Waals surface area (Å²) in [5.41, 5.74) is 0.520. The predicted octanol–water partition coefficient (Wildman–Crippen LogP) is 3.15. The molecular formula is C13H22O2. The largest absolute Gasteiger partial charge is 0.463 e. The van der Waals surface area contributed by atoms with Crippen molar-refractivity contribution in [2.45, 2.75) is 59.0 Å². The van der Waals surface area contributed by atoms with Gasteiger partial charge >= 0.3 is 5.97 Å². The smallest absolute Gasteiger partial charge is 0.302 e. The molecule has 0 amide bonds. The average molecular weight is 210 g/mol. The van der Waals surface area contributed by atoms with Gasteiger partial charge in [0.2, 0.25) is 0 Å². The quantitative estimate of drug-likeness (QED) is 0.621. The van der Waals surface area contributed by atoms with Crippen molar-refractivity contribution >= 4 is 5.97 Å². The van der Waals surface area contributed by atoms with Crippen LogP contribution in [0, 0.1) is 17.3 Å². The SMILES string of the molecule is CC(=O)OC1CCC2C(CCC2(C)C)C1. The second-order valence-electron chi connectivity index (χ2n) is 5.94. The molecule has 3 atom stereocenters. The van der Waals surface area contributed by atoms with Gasteiger partial charge in [-0.15, -0.1) is 0 Å². The average Bonchev–Trinajstić information content (AvgIpc) is 2.41. The fourth-order valence-corrected chi connectivity index (χ4v) is 3.65. The molecule has 2 heteroatoms. The second kappa shape index (κ2) is 3.80. The molecule has 2 aliphatic carbocycles. The minimum Gasteiger partial charge on any atom is -0.463 e. The van der Waals surface area contributed by atoms with Crippen LogP contribution in [-0.2, 0) is 9.53 Å². The molecule has 0 spiro atoms. The Bertz CT molecular complexity index is 257.